The van der Waals surface area contributed by atoms with E-state index in [1.54, 1.807) is 23.2 Å². The number of amides is 1. The Hall–Kier alpha value is -2.01. The summed E-state index contributed by atoms with van der Waals surface area (Å²) in [6.07, 6.45) is 1.80. The summed E-state index contributed by atoms with van der Waals surface area (Å²) in [5.74, 6) is 0. The monoisotopic (exact) mass is 468 g/mol. The first-order valence-electron chi connectivity index (χ1n) is 9.99. The fraction of sp³-hybridized carbons (Fsp3) is 0.524. The van der Waals surface area contributed by atoms with Gasteiger partial charge in [-0.2, -0.15) is 8.42 Å². The summed E-state index contributed by atoms with van der Waals surface area (Å²) in [5, 5.41) is 2.58. The van der Waals surface area contributed by atoms with E-state index >= 15 is 0 Å². The lowest BCUT2D eigenvalue weighted by atomic mass is 10.0. The Bertz CT molecular complexity index is 984. The molecule has 2 aromatic rings. The van der Waals surface area contributed by atoms with Gasteiger partial charge < -0.3 is 14.4 Å². The summed E-state index contributed by atoms with van der Waals surface area (Å²) in [7, 11) is -3.87. The molecule has 0 spiro atoms. The molecule has 1 aromatic heterocycles. The topological polar surface area (TPSA) is 95.0 Å². The lowest BCUT2D eigenvalue weighted by Gasteiger charge is -2.28. The number of hydrogen-bond acceptors (Lipinski definition) is 8. The number of aromatic nitrogens is 1. The SMILES string of the molecule is Cc1ccc(S(=O)(=O)OCCOC2(c3nccs3)CCN(C(=O)OC(C)(C)C)C2)cc1. The molecule has 1 fully saturated rings. The predicted molar refractivity (Wildman–Crippen MR) is 116 cm³/mol. The highest BCUT2D eigenvalue weighted by Crippen LogP contribution is 2.37. The molecule has 0 N–H and O–H groups in total. The molecule has 0 aliphatic carbocycles. The van der Waals surface area contributed by atoms with E-state index in [-0.39, 0.29) is 24.7 Å². The molecule has 170 valence electrons. The minimum Gasteiger partial charge on any atom is -0.444 e. The van der Waals surface area contributed by atoms with Crippen molar-refractivity contribution in [3.63, 3.8) is 0 Å². The van der Waals surface area contributed by atoms with Crippen LogP contribution in [0.4, 0.5) is 4.79 Å². The molecule has 31 heavy (non-hydrogen) atoms. The summed E-state index contributed by atoms with van der Waals surface area (Å²) >= 11 is 1.43. The number of ether oxygens (including phenoxy) is 2. The van der Waals surface area contributed by atoms with Crippen molar-refractivity contribution in [2.45, 2.75) is 50.2 Å². The first kappa shape index (κ1) is 23.6. The zero-order chi connectivity index (χ0) is 22.7. The predicted octanol–water partition coefficient (Wildman–Crippen LogP) is 3.71. The average molecular weight is 469 g/mol. The molecular formula is C21H28N2O6S2. The minimum atomic E-state index is -3.87. The quantitative estimate of drug-likeness (QED) is 0.451. The number of carbonyl (C=O) groups excluding carboxylic acids is 1. The molecule has 1 aliphatic heterocycles. The van der Waals surface area contributed by atoms with Crippen LogP contribution in [0.1, 0.15) is 37.8 Å². The number of aryl methyl sites for hydroxylation is 1. The highest BCUT2D eigenvalue weighted by molar-refractivity contribution is 7.86. The maximum Gasteiger partial charge on any atom is 0.410 e. The third kappa shape index (κ3) is 6.03. The number of hydrogen-bond donors (Lipinski definition) is 0. The van der Waals surface area contributed by atoms with Crippen LogP contribution in [-0.4, -0.2) is 56.3 Å². The van der Waals surface area contributed by atoms with Crippen LogP contribution >= 0.6 is 11.3 Å². The molecular weight excluding hydrogens is 440 g/mol. The lowest BCUT2D eigenvalue weighted by molar-refractivity contribution is -0.0536. The van der Waals surface area contributed by atoms with Gasteiger partial charge in [-0.3, -0.25) is 4.18 Å². The summed E-state index contributed by atoms with van der Waals surface area (Å²) in [6.45, 7) is 7.96. The summed E-state index contributed by atoms with van der Waals surface area (Å²) in [5.41, 5.74) is -0.451. The van der Waals surface area contributed by atoms with Gasteiger partial charge in [0.15, 0.2) is 0 Å². The Kier molecular flexibility index (Phi) is 7.04. The van der Waals surface area contributed by atoms with Gasteiger partial charge in [0.2, 0.25) is 0 Å². The third-order valence-electron chi connectivity index (χ3n) is 4.72. The van der Waals surface area contributed by atoms with E-state index in [9.17, 15) is 13.2 Å². The Morgan fingerprint density at radius 2 is 1.94 bits per heavy atom. The van der Waals surface area contributed by atoms with Crippen molar-refractivity contribution in [2.24, 2.45) is 0 Å². The molecule has 1 atom stereocenters. The molecule has 1 aromatic carbocycles. The Morgan fingerprint density at radius 3 is 2.55 bits per heavy atom. The number of rotatable bonds is 7. The van der Waals surface area contributed by atoms with E-state index in [1.807, 2.05) is 33.1 Å². The molecule has 1 aliphatic rings. The van der Waals surface area contributed by atoms with Crippen LogP contribution in [0.2, 0.25) is 0 Å². The second-order valence-electron chi connectivity index (χ2n) is 8.42. The van der Waals surface area contributed by atoms with E-state index in [0.717, 1.165) is 10.6 Å². The van der Waals surface area contributed by atoms with Crippen LogP contribution in [0.5, 0.6) is 0 Å². The van der Waals surface area contributed by atoms with Crippen LogP contribution in [0.15, 0.2) is 40.7 Å². The largest absolute Gasteiger partial charge is 0.444 e. The summed E-state index contributed by atoms with van der Waals surface area (Å²) in [6, 6.07) is 6.46. The van der Waals surface area contributed by atoms with E-state index in [0.29, 0.717) is 13.0 Å². The van der Waals surface area contributed by atoms with Gasteiger partial charge in [-0.1, -0.05) is 17.7 Å². The molecule has 3 rings (SSSR count). The standard InChI is InChI=1S/C21H28N2O6S2/c1-16-5-7-17(8-6-16)31(25,26)28-13-12-27-21(18-22-10-14-30-18)9-11-23(15-21)19(24)29-20(2,3)4/h5-8,10,14H,9,11-13,15H2,1-4H3. The number of carbonyl (C=O) groups is 1. The van der Waals surface area contributed by atoms with E-state index in [2.05, 4.69) is 4.98 Å². The van der Waals surface area contributed by atoms with Crippen LogP contribution in [-0.2, 0) is 29.4 Å². The number of benzene rings is 1. The second kappa shape index (κ2) is 9.23. The molecule has 1 saturated heterocycles. The van der Waals surface area contributed by atoms with Crippen LogP contribution in [0, 0.1) is 6.92 Å². The molecule has 0 saturated carbocycles. The van der Waals surface area contributed by atoms with Crippen molar-refractivity contribution < 1.29 is 26.9 Å². The summed E-state index contributed by atoms with van der Waals surface area (Å²) in [4.78, 5) is 18.6. The van der Waals surface area contributed by atoms with Gasteiger partial charge in [-0.25, -0.2) is 9.78 Å². The first-order valence-corrected chi connectivity index (χ1v) is 12.3. The van der Waals surface area contributed by atoms with Crippen molar-refractivity contribution in [2.75, 3.05) is 26.3 Å². The number of thiazole rings is 1. The number of nitrogens with zero attached hydrogens (tertiary/aromatic N) is 2. The molecule has 2 heterocycles. The van der Waals surface area contributed by atoms with Crippen molar-refractivity contribution >= 4 is 27.5 Å². The van der Waals surface area contributed by atoms with Gasteiger partial charge in [-0.05, 0) is 39.8 Å². The zero-order valence-corrected chi connectivity index (χ0v) is 19.8. The average Bonchev–Trinajstić information content (AvgIpc) is 3.35. The highest BCUT2D eigenvalue weighted by atomic mass is 32.2. The highest BCUT2D eigenvalue weighted by Gasteiger charge is 2.45. The Morgan fingerprint density at radius 1 is 1.23 bits per heavy atom. The van der Waals surface area contributed by atoms with Gasteiger partial charge >= 0.3 is 6.09 Å². The smallest absolute Gasteiger partial charge is 0.410 e. The van der Waals surface area contributed by atoms with E-state index < -0.39 is 27.4 Å². The normalized spacial score (nSPS) is 19.5. The van der Waals surface area contributed by atoms with E-state index in [4.69, 9.17) is 13.7 Å². The Labute approximate surface area is 187 Å². The van der Waals surface area contributed by atoms with Gasteiger partial charge in [0, 0.05) is 24.5 Å². The van der Waals surface area contributed by atoms with Crippen molar-refractivity contribution in [1.29, 1.82) is 0 Å². The van der Waals surface area contributed by atoms with Crippen LogP contribution < -0.4 is 0 Å². The fourth-order valence-electron chi connectivity index (χ4n) is 3.22. The zero-order valence-electron chi connectivity index (χ0n) is 18.2. The first-order chi connectivity index (χ1) is 14.5. The fourth-order valence-corrected chi connectivity index (χ4v) is 4.93. The molecule has 1 unspecified atom stereocenters. The lowest BCUT2D eigenvalue weighted by Crippen LogP contribution is -2.39. The molecule has 0 radical (unpaired) electrons. The van der Waals surface area contributed by atoms with Crippen molar-refractivity contribution in [3.05, 3.63) is 46.4 Å². The molecule has 0 bridgehead atoms. The van der Waals surface area contributed by atoms with Crippen molar-refractivity contribution in [3.8, 4) is 0 Å². The number of likely N-dealkylation sites (tertiary alicyclic amines) is 1. The third-order valence-corrected chi connectivity index (χ3v) is 7.00. The molecule has 10 heteroatoms. The maximum absolute atomic E-state index is 12.5. The molecule has 8 nitrogen and oxygen atoms in total. The van der Waals surface area contributed by atoms with Gasteiger partial charge in [0.1, 0.15) is 16.2 Å². The minimum absolute atomic E-state index is 0.0346. The summed E-state index contributed by atoms with van der Waals surface area (Å²) < 4.78 is 41.4. The van der Waals surface area contributed by atoms with Gasteiger partial charge in [0.25, 0.3) is 10.1 Å². The van der Waals surface area contributed by atoms with Crippen molar-refractivity contribution in [1.82, 2.24) is 9.88 Å². The van der Waals surface area contributed by atoms with Gasteiger partial charge in [0.05, 0.1) is 24.7 Å². The second-order valence-corrected chi connectivity index (χ2v) is 10.9. The maximum atomic E-state index is 12.5. The van der Waals surface area contributed by atoms with Crippen LogP contribution in [0.3, 0.4) is 0 Å². The van der Waals surface area contributed by atoms with E-state index in [1.165, 1.54) is 23.5 Å². The van der Waals surface area contributed by atoms with Crippen LogP contribution in [0.25, 0.3) is 0 Å². The van der Waals surface area contributed by atoms with Gasteiger partial charge in [-0.15, -0.1) is 11.3 Å². The Balaban J connectivity index is 1.63. The molecule has 1 amide bonds.